The van der Waals surface area contributed by atoms with Crippen LogP contribution in [0.2, 0.25) is 0 Å². The van der Waals surface area contributed by atoms with Crippen LogP contribution in [0.1, 0.15) is 65.2 Å². The molecule has 0 aromatic rings. The topological polar surface area (TPSA) is 46.5 Å². The number of fused-ring (bicyclic) bond motifs is 5. The van der Waals surface area contributed by atoms with Crippen LogP contribution in [0.3, 0.4) is 0 Å². The number of aliphatic hydroxyl groups is 1. The van der Waals surface area contributed by atoms with E-state index in [2.05, 4.69) is 19.9 Å². The Morgan fingerprint density at radius 1 is 1.17 bits per heavy atom. The third-order valence-corrected chi connectivity index (χ3v) is 8.56. The molecule has 24 heavy (non-hydrogen) atoms. The van der Waals surface area contributed by atoms with E-state index in [-0.39, 0.29) is 28.8 Å². The van der Waals surface area contributed by atoms with Crippen molar-refractivity contribution in [2.24, 2.45) is 34.5 Å². The minimum Gasteiger partial charge on any atom is -0.469 e. The molecule has 0 bridgehead atoms. The minimum atomic E-state index is -0.134. The maximum Gasteiger partial charge on any atom is 0.309 e. The molecule has 0 amide bonds. The number of ether oxygens (including phenoxy) is 1. The Morgan fingerprint density at radius 3 is 2.71 bits per heavy atom. The highest BCUT2D eigenvalue weighted by atomic mass is 16.5. The van der Waals surface area contributed by atoms with Gasteiger partial charge in [-0.05, 0) is 80.0 Å². The lowest BCUT2D eigenvalue weighted by molar-refractivity contribution is -0.152. The maximum atomic E-state index is 12.3. The lowest BCUT2D eigenvalue weighted by Gasteiger charge is -2.57. The summed E-state index contributed by atoms with van der Waals surface area (Å²) in [5, 5.41) is 10.1. The number of carbonyl (C=O) groups excluding carboxylic acids is 1. The van der Waals surface area contributed by atoms with Crippen molar-refractivity contribution in [2.75, 3.05) is 7.11 Å². The summed E-state index contributed by atoms with van der Waals surface area (Å²) in [6.07, 6.45) is 11.0. The Balaban J connectivity index is 1.64. The second-order valence-electron chi connectivity index (χ2n) is 9.35. The van der Waals surface area contributed by atoms with E-state index < -0.39 is 0 Å². The van der Waals surface area contributed by atoms with Gasteiger partial charge in [0.05, 0.1) is 19.1 Å². The smallest absolute Gasteiger partial charge is 0.309 e. The molecule has 3 saturated carbocycles. The van der Waals surface area contributed by atoms with E-state index in [1.165, 1.54) is 25.5 Å². The van der Waals surface area contributed by atoms with Crippen LogP contribution in [0.25, 0.3) is 0 Å². The average Bonchev–Trinajstić information content (AvgIpc) is 2.92. The van der Waals surface area contributed by atoms with Gasteiger partial charge in [0.15, 0.2) is 0 Å². The second kappa shape index (κ2) is 5.59. The molecular formula is C21H32O3. The molecule has 1 N–H and O–H groups in total. The fourth-order valence-electron chi connectivity index (χ4n) is 7.17. The van der Waals surface area contributed by atoms with Crippen LogP contribution in [0.15, 0.2) is 11.6 Å². The number of aliphatic hydroxyl groups excluding tert-OH is 1. The maximum absolute atomic E-state index is 12.3. The van der Waals surface area contributed by atoms with E-state index >= 15 is 0 Å². The first kappa shape index (κ1) is 16.6. The van der Waals surface area contributed by atoms with Crippen molar-refractivity contribution in [1.82, 2.24) is 0 Å². The predicted octanol–water partition coefficient (Wildman–Crippen LogP) is 4.10. The van der Waals surface area contributed by atoms with Gasteiger partial charge in [-0.15, -0.1) is 0 Å². The Labute approximate surface area is 145 Å². The molecule has 3 heteroatoms. The molecule has 0 radical (unpaired) electrons. The SMILES string of the molecule is COC(=O)[C@@H]1CC[C@@H]2[C@H]3CC=C4C[C@H](O)CC[C@]4(C)[C@@H]3CC[C@]21C. The largest absolute Gasteiger partial charge is 0.469 e. The number of hydrogen-bond acceptors (Lipinski definition) is 3. The van der Waals surface area contributed by atoms with E-state index in [0.717, 1.165) is 44.4 Å². The van der Waals surface area contributed by atoms with E-state index in [1.807, 2.05) is 0 Å². The van der Waals surface area contributed by atoms with Gasteiger partial charge in [0.1, 0.15) is 0 Å². The van der Waals surface area contributed by atoms with Crippen molar-refractivity contribution >= 4 is 5.97 Å². The molecular weight excluding hydrogens is 300 g/mol. The number of esters is 1. The monoisotopic (exact) mass is 332 g/mol. The lowest BCUT2D eigenvalue weighted by Crippen LogP contribution is -2.51. The number of hydrogen-bond donors (Lipinski definition) is 1. The first-order chi connectivity index (χ1) is 11.4. The zero-order valence-electron chi connectivity index (χ0n) is 15.4. The molecule has 7 atom stereocenters. The van der Waals surface area contributed by atoms with Crippen molar-refractivity contribution in [3.05, 3.63) is 11.6 Å². The van der Waals surface area contributed by atoms with Crippen molar-refractivity contribution in [3.63, 3.8) is 0 Å². The average molecular weight is 332 g/mol. The van der Waals surface area contributed by atoms with Crippen LogP contribution >= 0.6 is 0 Å². The Hall–Kier alpha value is -0.830. The van der Waals surface area contributed by atoms with Crippen molar-refractivity contribution in [1.29, 1.82) is 0 Å². The van der Waals surface area contributed by atoms with E-state index in [1.54, 1.807) is 0 Å². The quantitative estimate of drug-likeness (QED) is 0.581. The molecule has 4 rings (SSSR count). The van der Waals surface area contributed by atoms with Gasteiger partial charge in [-0.1, -0.05) is 25.5 Å². The summed E-state index contributed by atoms with van der Waals surface area (Å²) in [6.45, 7) is 4.81. The molecule has 0 aromatic heterocycles. The summed E-state index contributed by atoms with van der Waals surface area (Å²) >= 11 is 0. The molecule has 4 aliphatic carbocycles. The Bertz CT molecular complexity index is 567. The van der Waals surface area contributed by atoms with Gasteiger partial charge in [0.2, 0.25) is 0 Å². The summed E-state index contributed by atoms with van der Waals surface area (Å²) < 4.78 is 5.12. The van der Waals surface area contributed by atoms with Crippen LogP contribution in [-0.2, 0) is 9.53 Å². The van der Waals surface area contributed by atoms with Crippen LogP contribution in [0, 0.1) is 34.5 Å². The third-order valence-electron chi connectivity index (χ3n) is 8.56. The van der Waals surface area contributed by atoms with Gasteiger partial charge in [0.25, 0.3) is 0 Å². The highest BCUT2D eigenvalue weighted by Crippen LogP contribution is 2.66. The third kappa shape index (κ3) is 2.16. The molecule has 0 heterocycles. The van der Waals surface area contributed by atoms with Crippen LogP contribution < -0.4 is 0 Å². The number of allylic oxidation sites excluding steroid dienone is 1. The summed E-state index contributed by atoms with van der Waals surface area (Å²) in [5.41, 5.74) is 1.94. The number of carbonyl (C=O) groups is 1. The van der Waals surface area contributed by atoms with Gasteiger partial charge in [-0.25, -0.2) is 0 Å². The molecule has 134 valence electrons. The highest BCUT2D eigenvalue weighted by molar-refractivity contribution is 5.73. The molecule has 0 aliphatic heterocycles. The zero-order valence-corrected chi connectivity index (χ0v) is 15.4. The summed E-state index contributed by atoms with van der Waals surface area (Å²) in [7, 11) is 1.54. The molecule has 4 aliphatic rings. The Kier molecular flexibility index (Phi) is 3.87. The van der Waals surface area contributed by atoms with Gasteiger partial charge in [0, 0.05) is 0 Å². The van der Waals surface area contributed by atoms with Crippen LogP contribution in [0.4, 0.5) is 0 Å². The first-order valence-electron chi connectivity index (χ1n) is 9.85. The fraction of sp³-hybridized carbons (Fsp3) is 0.857. The van der Waals surface area contributed by atoms with Crippen molar-refractivity contribution in [2.45, 2.75) is 71.3 Å². The molecule has 0 aromatic carbocycles. The van der Waals surface area contributed by atoms with Crippen molar-refractivity contribution < 1.29 is 14.6 Å². The standard InChI is InChI=1S/C21H32O3/c1-20-10-8-14(22)12-13(20)4-5-15-16-6-7-18(19(23)24-3)21(16,2)11-9-17(15)20/h4,14-18,22H,5-12H2,1-3H3/t14-,15-,16-,17-,18+,20+,21-/m1/s1. The van der Waals surface area contributed by atoms with Gasteiger partial charge in [-0.2, -0.15) is 0 Å². The molecule has 3 fully saturated rings. The fourth-order valence-corrected chi connectivity index (χ4v) is 7.17. The molecule has 0 unspecified atom stereocenters. The lowest BCUT2D eigenvalue weighted by atomic mass is 9.47. The summed E-state index contributed by atoms with van der Waals surface area (Å²) in [6, 6.07) is 0. The molecule has 3 nitrogen and oxygen atoms in total. The summed E-state index contributed by atoms with van der Waals surface area (Å²) in [4.78, 5) is 12.3. The number of rotatable bonds is 1. The zero-order chi connectivity index (χ0) is 17.1. The van der Waals surface area contributed by atoms with Gasteiger partial charge in [-0.3, -0.25) is 4.79 Å². The van der Waals surface area contributed by atoms with Gasteiger partial charge < -0.3 is 9.84 Å². The number of methoxy groups -OCH3 is 1. The van der Waals surface area contributed by atoms with E-state index in [9.17, 15) is 9.90 Å². The summed E-state index contributed by atoms with van der Waals surface area (Å²) in [5.74, 6) is 2.21. The van der Waals surface area contributed by atoms with E-state index in [0.29, 0.717) is 11.8 Å². The minimum absolute atomic E-state index is 0.0116. The van der Waals surface area contributed by atoms with E-state index in [4.69, 9.17) is 4.74 Å². The Morgan fingerprint density at radius 2 is 1.96 bits per heavy atom. The van der Waals surface area contributed by atoms with Crippen LogP contribution in [-0.4, -0.2) is 24.3 Å². The highest BCUT2D eigenvalue weighted by Gasteiger charge is 2.60. The van der Waals surface area contributed by atoms with Gasteiger partial charge >= 0.3 is 5.97 Å². The van der Waals surface area contributed by atoms with Crippen LogP contribution in [0.5, 0.6) is 0 Å². The predicted molar refractivity (Wildman–Crippen MR) is 93.2 cm³/mol. The molecule has 0 spiro atoms. The molecule has 0 saturated heterocycles. The first-order valence-corrected chi connectivity index (χ1v) is 9.85. The normalized spacial score (nSPS) is 50.3. The second-order valence-corrected chi connectivity index (χ2v) is 9.35. The van der Waals surface area contributed by atoms with Crippen molar-refractivity contribution in [3.8, 4) is 0 Å².